The number of rotatable bonds is 7. The first-order valence-corrected chi connectivity index (χ1v) is 6.63. The van der Waals surface area contributed by atoms with E-state index >= 15 is 0 Å². The highest BCUT2D eigenvalue weighted by atomic mass is 16.2. The molecule has 7 heteroatoms. The Morgan fingerprint density at radius 2 is 1.62 bits per heavy atom. The van der Waals surface area contributed by atoms with E-state index in [1.54, 1.807) is 0 Å². The van der Waals surface area contributed by atoms with Gasteiger partial charge in [-0.15, -0.1) is 0 Å². The molecule has 21 heavy (non-hydrogen) atoms. The molecule has 0 spiro atoms. The fourth-order valence-electron chi connectivity index (χ4n) is 1.91. The number of primary amides is 2. The number of benzene rings is 1. The van der Waals surface area contributed by atoms with Crippen molar-refractivity contribution in [3.05, 3.63) is 29.3 Å². The van der Waals surface area contributed by atoms with E-state index in [-0.39, 0.29) is 35.2 Å². The van der Waals surface area contributed by atoms with Crippen LogP contribution in [0.5, 0.6) is 0 Å². The van der Waals surface area contributed by atoms with Crippen molar-refractivity contribution in [3.63, 3.8) is 0 Å². The van der Waals surface area contributed by atoms with Gasteiger partial charge in [-0.25, -0.2) is 0 Å². The van der Waals surface area contributed by atoms with E-state index < -0.39 is 11.8 Å². The zero-order valence-corrected chi connectivity index (χ0v) is 11.9. The number of nitrogens with two attached hydrogens (primary N) is 3. The van der Waals surface area contributed by atoms with Gasteiger partial charge in [-0.1, -0.05) is 13.3 Å². The number of hydrogen-bond donors (Lipinski definition) is 4. The van der Waals surface area contributed by atoms with Gasteiger partial charge in [0.1, 0.15) is 0 Å². The van der Waals surface area contributed by atoms with Crippen LogP contribution in [-0.4, -0.2) is 23.8 Å². The summed E-state index contributed by atoms with van der Waals surface area (Å²) >= 11 is 0. The summed E-state index contributed by atoms with van der Waals surface area (Å²) in [5, 5.41) is 2.59. The molecule has 0 aliphatic carbocycles. The van der Waals surface area contributed by atoms with Crippen LogP contribution in [-0.2, 0) is 4.79 Å². The maximum Gasteiger partial charge on any atom is 0.248 e. The minimum atomic E-state index is -0.712. The molecule has 0 heterocycles. The Morgan fingerprint density at radius 3 is 2.05 bits per heavy atom. The predicted octanol–water partition coefficient (Wildman–Crippen LogP) is 0.340. The molecule has 1 unspecified atom stereocenters. The van der Waals surface area contributed by atoms with Crippen LogP contribution in [0.25, 0.3) is 0 Å². The lowest BCUT2D eigenvalue weighted by atomic mass is 10.1. The zero-order valence-electron chi connectivity index (χ0n) is 11.9. The van der Waals surface area contributed by atoms with Gasteiger partial charge in [0.2, 0.25) is 17.7 Å². The second kappa shape index (κ2) is 7.39. The lowest BCUT2D eigenvalue weighted by Crippen LogP contribution is -2.27. The molecule has 0 saturated carbocycles. The van der Waals surface area contributed by atoms with Gasteiger partial charge in [0.25, 0.3) is 0 Å². The first-order chi connectivity index (χ1) is 9.83. The van der Waals surface area contributed by atoms with Crippen molar-refractivity contribution in [1.82, 2.24) is 0 Å². The number of carbonyl (C=O) groups is 3. The summed E-state index contributed by atoms with van der Waals surface area (Å²) in [7, 11) is 0. The summed E-state index contributed by atoms with van der Waals surface area (Å²) in [6, 6.07) is 3.82. The number of anilines is 1. The van der Waals surface area contributed by atoms with Crippen LogP contribution in [0.3, 0.4) is 0 Å². The molecule has 1 atom stereocenters. The molecule has 3 amide bonds. The van der Waals surface area contributed by atoms with Crippen molar-refractivity contribution in [3.8, 4) is 0 Å². The highest BCUT2D eigenvalue weighted by Gasteiger charge is 2.13. The summed E-state index contributed by atoms with van der Waals surface area (Å²) in [5.74, 6) is -1.72. The quantitative estimate of drug-likeness (QED) is 0.574. The maximum atomic E-state index is 11.8. The molecule has 1 aromatic carbocycles. The third-order valence-corrected chi connectivity index (χ3v) is 2.89. The normalized spacial score (nSPS) is 11.7. The second-order valence-electron chi connectivity index (χ2n) is 4.83. The average molecular weight is 292 g/mol. The van der Waals surface area contributed by atoms with E-state index in [2.05, 4.69) is 5.32 Å². The molecule has 0 radical (unpaired) electrons. The van der Waals surface area contributed by atoms with Gasteiger partial charge < -0.3 is 22.5 Å². The van der Waals surface area contributed by atoms with Crippen molar-refractivity contribution in [2.24, 2.45) is 17.2 Å². The van der Waals surface area contributed by atoms with Gasteiger partial charge in [0.05, 0.1) is 0 Å². The standard InChI is InChI=1S/C14H20N4O3/c1-2-3-10(15)7-12(19)18-11-5-8(13(16)20)4-9(6-11)14(17)21/h4-6,10H,2-3,7,15H2,1H3,(H2,16,20)(H2,17,21)(H,18,19). The van der Waals surface area contributed by atoms with Crippen molar-refractivity contribution >= 4 is 23.4 Å². The first kappa shape index (κ1) is 16.6. The van der Waals surface area contributed by atoms with Gasteiger partial charge in [0, 0.05) is 29.3 Å². The van der Waals surface area contributed by atoms with Gasteiger partial charge in [-0.2, -0.15) is 0 Å². The Balaban J connectivity index is 2.89. The highest BCUT2D eigenvalue weighted by molar-refractivity contribution is 6.01. The van der Waals surface area contributed by atoms with Crippen LogP contribution in [0.1, 0.15) is 46.9 Å². The Hall–Kier alpha value is -2.41. The molecule has 0 aliphatic rings. The van der Waals surface area contributed by atoms with E-state index in [1.165, 1.54) is 18.2 Å². The van der Waals surface area contributed by atoms with Gasteiger partial charge in [0.15, 0.2) is 0 Å². The Labute approximate surface area is 122 Å². The van der Waals surface area contributed by atoms with Crippen molar-refractivity contribution in [2.75, 3.05) is 5.32 Å². The first-order valence-electron chi connectivity index (χ1n) is 6.63. The summed E-state index contributed by atoms with van der Waals surface area (Å²) in [6.07, 6.45) is 1.78. The topological polar surface area (TPSA) is 141 Å². The average Bonchev–Trinajstić information content (AvgIpc) is 2.37. The summed E-state index contributed by atoms with van der Waals surface area (Å²) in [6.45, 7) is 1.98. The monoisotopic (exact) mass is 292 g/mol. The fourth-order valence-corrected chi connectivity index (χ4v) is 1.91. The smallest absolute Gasteiger partial charge is 0.248 e. The minimum Gasteiger partial charge on any atom is -0.366 e. The SMILES string of the molecule is CCCC(N)CC(=O)Nc1cc(C(N)=O)cc(C(N)=O)c1. The Bertz CT molecular complexity index is 525. The van der Waals surface area contributed by atoms with E-state index in [0.29, 0.717) is 0 Å². The molecule has 114 valence electrons. The molecule has 0 bridgehead atoms. The highest BCUT2D eigenvalue weighted by Crippen LogP contribution is 2.15. The Kier molecular flexibility index (Phi) is 5.86. The van der Waals surface area contributed by atoms with Crippen LogP contribution in [0, 0.1) is 0 Å². The van der Waals surface area contributed by atoms with Crippen molar-refractivity contribution < 1.29 is 14.4 Å². The lowest BCUT2D eigenvalue weighted by molar-refractivity contribution is -0.116. The molecular weight excluding hydrogens is 272 g/mol. The molecule has 0 fully saturated rings. The predicted molar refractivity (Wildman–Crippen MR) is 79.6 cm³/mol. The maximum absolute atomic E-state index is 11.8. The van der Waals surface area contributed by atoms with Crippen LogP contribution >= 0.6 is 0 Å². The molecule has 7 N–H and O–H groups in total. The van der Waals surface area contributed by atoms with E-state index in [9.17, 15) is 14.4 Å². The Morgan fingerprint density at radius 1 is 1.10 bits per heavy atom. The zero-order chi connectivity index (χ0) is 16.0. The van der Waals surface area contributed by atoms with Gasteiger partial charge in [-0.3, -0.25) is 14.4 Å². The molecule has 0 aromatic heterocycles. The molecule has 1 rings (SSSR count). The van der Waals surface area contributed by atoms with E-state index in [4.69, 9.17) is 17.2 Å². The van der Waals surface area contributed by atoms with Crippen LogP contribution in [0.2, 0.25) is 0 Å². The number of hydrogen-bond acceptors (Lipinski definition) is 4. The van der Waals surface area contributed by atoms with Crippen LogP contribution in [0.15, 0.2) is 18.2 Å². The number of carbonyl (C=O) groups excluding carboxylic acids is 3. The number of amides is 3. The summed E-state index contributed by atoms with van der Waals surface area (Å²) in [5.41, 5.74) is 16.6. The third kappa shape index (κ3) is 5.23. The fraction of sp³-hybridized carbons (Fsp3) is 0.357. The summed E-state index contributed by atoms with van der Waals surface area (Å²) < 4.78 is 0. The van der Waals surface area contributed by atoms with E-state index in [0.717, 1.165) is 12.8 Å². The number of nitrogens with one attached hydrogen (secondary N) is 1. The van der Waals surface area contributed by atoms with Gasteiger partial charge in [-0.05, 0) is 24.6 Å². The van der Waals surface area contributed by atoms with Crippen LogP contribution < -0.4 is 22.5 Å². The largest absolute Gasteiger partial charge is 0.366 e. The molecule has 1 aromatic rings. The van der Waals surface area contributed by atoms with Crippen molar-refractivity contribution in [2.45, 2.75) is 32.2 Å². The van der Waals surface area contributed by atoms with E-state index in [1.807, 2.05) is 6.92 Å². The minimum absolute atomic E-state index is 0.0967. The second-order valence-corrected chi connectivity index (χ2v) is 4.83. The third-order valence-electron chi connectivity index (χ3n) is 2.89. The molecule has 0 saturated heterocycles. The van der Waals surface area contributed by atoms with Crippen molar-refractivity contribution in [1.29, 1.82) is 0 Å². The van der Waals surface area contributed by atoms with Crippen LogP contribution in [0.4, 0.5) is 5.69 Å². The molecule has 7 nitrogen and oxygen atoms in total. The van der Waals surface area contributed by atoms with Gasteiger partial charge >= 0.3 is 0 Å². The molecule has 0 aliphatic heterocycles. The molecular formula is C14H20N4O3. The summed E-state index contributed by atoms with van der Waals surface area (Å²) in [4.78, 5) is 34.3. The lowest BCUT2D eigenvalue weighted by Gasteiger charge is -2.12.